The van der Waals surface area contributed by atoms with Gasteiger partial charge in [0.15, 0.2) is 5.96 Å². The molecular formula is C21H30N4O2. The highest BCUT2D eigenvalue weighted by Crippen LogP contribution is 2.25. The molecule has 2 aromatic rings. The molecule has 0 aliphatic carbocycles. The Bertz CT molecular complexity index is 716. The summed E-state index contributed by atoms with van der Waals surface area (Å²) in [5.74, 6) is 2.90. The van der Waals surface area contributed by atoms with Crippen molar-refractivity contribution in [3.63, 3.8) is 0 Å². The van der Waals surface area contributed by atoms with Crippen LogP contribution in [0.2, 0.25) is 0 Å². The lowest BCUT2D eigenvalue weighted by Gasteiger charge is -2.17. The third kappa shape index (κ3) is 6.81. The van der Waals surface area contributed by atoms with Crippen LogP contribution in [0.4, 0.5) is 0 Å². The van der Waals surface area contributed by atoms with Gasteiger partial charge in [-0.1, -0.05) is 19.9 Å². The zero-order valence-electron chi connectivity index (χ0n) is 16.7. The van der Waals surface area contributed by atoms with E-state index < -0.39 is 0 Å². The van der Waals surface area contributed by atoms with E-state index >= 15 is 0 Å². The van der Waals surface area contributed by atoms with Gasteiger partial charge < -0.3 is 20.1 Å². The third-order valence-corrected chi connectivity index (χ3v) is 4.03. The molecule has 1 atom stereocenters. The monoisotopic (exact) mass is 370 g/mol. The number of hydrogen-bond donors (Lipinski definition) is 2. The predicted octanol–water partition coefficient (Wildman–Crippen LogP) is 4.13. The molecule has 0 saturated heterocycles. The molecule has 0 amide bonds. The van der Waals surface area contributed by atoms with Crippen LogP contribution in [-0.4, -0.2) is 30.6 Å². The molecule has 1 unspecified atom stereocenters. The van der Waals surface area contributed by atoms with Crippen LogP contribution in [0.5, 0.6) is 17.4 Å². The number of nitrogens with one attached hydrogen (secondary N) is 2. The van der Waals surface area contributed by atoms with Crippen molar-refractivity contribution < 1.29 is 9.47 Å². The minimum atomic E-state index is 0.356. The Morgan fingerprint density at radius 3 is 2.56 bits per heavy atom. The van der Waals surface area contributed by atoms with Gasteiger partial charge in [0, 0.05) is 31.4 Å². The average Bonchev–Trinajstić information content (AvgIpc) is 2.71. The summed E-state index contributed by atoms with van der Waals surface area (Å²) >= 11 is 0. The molecule has 0 spiro atoms. The molecule has 1 aromatic heterocycles. The highest BCUT2D eigenvalue weighted by atomic mass is 16.5. The van der Waals surface area contributed by atoms with Crippen LogP contribution in [0.25, 0.3) is 0 Å². The number of benzene rings is 1. The van der Waals surface area contributed by atoms with E-state index in [9.17, 15) is 0 Å². The Hall–Kier alpha value is -2.76. The SMILES string of the molecule is CCCOc1ccc(Oc2ncccc2CNC(=NC)NC(C)CC)cc1. The largest absolute Gasteiger partial charge is 0.494 e. The average molecular weight is 370 g/mol. The number of aliphatic imine (C=N–C) groups is 1. The quantitative estimate of drug-likeness (QED) is 0.513. The topological polar surface area (TPSA) is 67.8 Å². The van der Waals surface area contributed by atoms with Crippen molar-refractivity contribution in [2.24, 2.45) is 4.99 Å². The molecule has 0 saturated carbocycles. The van der Waals surface area contributed by atoms with E-state index in [-0.39, 0.29) is 0 Å². The summed E-state index contributed by atoms with van der Waals surface area (Å²) in [7, 11) is 1.76. The smallest absolute Gasteiger partial charge is 0.224 e. The second-order valence-corrected chi connectivity index (χ2v) is 6.27. The number of guanidine groups is 1. The maximum absolute atomic E-state index is 5.97. The van der Waals surface area contributed by atoms with E-state index in [1.165, 1.54) is 0 Å². The molecule has 146 valence electrons. The van der Waals surface area contributed by atoms with Gasteiger partial charge in [-0.2, -0.15) is 0 Å². The molecule has 1 aromatic carbocycles. The van der Waals surface area contributed by atoms with Crippen LogP contribution in [-0.2, 0) is 6.54 Å². The van der Waals surface area contributed by atoms with Crippen LogP contribution in [0.3, 0.4) is 0 Å². The van der Waals surface area contributed by atoms with Crippen molar-refractivity contribution in [2.75, 3.05) is 13.7 Å². The van der Waals surface area contributed by atoms with Gasteiger partial charge in [-0.05, 0) is 50.1 Å². The zero-order valence-corrected chi connectivity index (χ0v) is 16.7. The number of hydrogen-bond acceptors (Lipinski definition) is 4. The number of aromatic nitrogens is 1. The molecule has 2 rings (SSSR count). The summed E-state index contributed by atoms with van der Waals surface area (Å²) in [6.07, 6.45) is 3.74. The van der Waals surface area contributed by atoms with E-state index in [0.29, 0.717) is 25.1 Å². The second-order valence-electron chi connectivity index (χ2n) is 6.27. The maximum atomic E-state index is 5.97. The molecule has 0 radical (unpaired) electrons. The minimum Gasteiger partial charge on any atom is -0.494 e. The van der Waals surface area contributed by atoms with E-state index in [0.717, 1.165) is 35.9 Å². The fourth-order valence-corrected chi connectivity index (χ4v) is 2.30. The first kappa shape index (κ1) is 20.6. The maximum Gasteiger partial charge on any atom is 0.224 e. The highest BCUT2D eigenvalue weighted by molar-refractivity contribution is 5.79. The Balaban J connectivity index is 2.00. The standard InChI is InChI=1S/C21H30N4O2/c1-5-14-26-18-9-11-19(12-10-18)27-20-17(8-7-13-23-20)15-24-21(22-4)25-16(3)6-2/h7-13,16H,5-6,14-15H2,1-4H3,(H2,22,24,25). The number of rotatable bonds is 9. The first-order valence-electron chi connectivity index (χ1n) is 9.48. The van der Waals surface area contributed by atoms with Gasteiger partial charge in [-0.3, -0.25) is 4.99 Å². The molecule has 1 heterocycles. The lowest BCUT2D eigenvalue weighted by Crippen LogP contribution is -2.41. The first-order chi connectivity index (χ1) is 13.2. The summed E-state index contributed by atoms with van der Waals surface area (Å²) in [6, 6.07) is 11.8. The van der Waals surface area contributed by atoms with E-state index in [1.807, 2.05) is 36.4 Å². The Morgan fingerprint density at radius 2 is 1.89 bits per heavy atom. The molecule has 2 N–H and O–H groups in total. The Morgan fingerprint density at radius 1 is 1.15 bits per heavy atom. The summed E-state index contributed by atoms with van der Waals surface area (Å²) in [5.41, 5.74) is 0.955. The van der Waals surface area contributed by atoms with Crippen LogP contribution >= 0.6 is 0 Å². The van der Waals surface area contributed by atoms with E-state index in [1.54, 1.807) is 13.2 Å². The van der Waals surface area contributed by atoms with Gasteiger partial charge >= 0.3 is 0 Å². The summed E-state index contributed by atoms with van der Waals surface area (Å²) < 4.78 is 11.6. The predicted molar refractivity (Wildman–Crippen MR) is 110 cm³/mol. The lowest BCUT2D eigenvalue weighted by molar-refractivity contribution is 0.317. The van der Waals surface area contributed by atoms with E-state index in [4.69, 9.17) is 9.47 Å². The molecule has 27 heavy (non-hydrogen) atoms. The summed E-state index contributed by atoms with van der Waals surface area (Å²) in [6.45, 7) is 7.62. The molecular weight excluding hydrogens is 340 g/mol. The van der Waals surface area contributed by atoms with Crippen molar-refractivity contribution in [1.29, 1.82) is 0 Å². The van der Waals surface area contributed by atoms with Crippen molar-refractivity contribution >= 4 is 5.96 Å². The number of ether oxygens (including phenoxy) is 2. The fraction of sp³-hybridized carbons (Fsp3) is 0.429. The van der Waals surface area contributed by atoms with Gasteiger partial charge in [0.1, 0.15) is 11.5 Å². The van der Waals surface area contributed by atoms with Crippen LogP contribution < -0.4 is 20.1 Å². The van der Waals surface area contributed by atoms with Gasteiger partial charge in [0.05, 0.1) is 6.61 Å². The van der Waals surface area contributed by atoms with Crippen molar-refractivity contribution in [1.82, 2.24) is 15.6 Å². The molecule has 6 heteroatoms. The minimum absolute atomic E-state index is 0.356. The second kappa shape index (κ2) is 11.1. The van der Waals surface area contributed by atoms with Gasteiger partial charge in [0.25, 0.3) is 0 Å². The molecule has 0 aliphatic rings. The molecule has 0 aliphatic heterocycles. The van der Waals surface area contributed by atoms with Crippen molar-refractivity contribution in [3.05, 3.63) is 48.2 Å². The molecule has 0 fully saturated rings. The van der Waals surface area contributed by atoms with Crippen LogP contribution in [0.1, 0.15) is 39.2 Å². The van der Waals surface area contributed by atoms with Crippen molar-refractivity contribution in [2.45, 2.75) is 46.2 Å². The van der Waals surface area contributed by atoms with E-state index in [2.05, 4.69) is 41.4 Å². The first-order valence-corrected chi connectivity index (χ1v) is 9.48. The summed E-state index contributed by atoms with van der Waals surface area (Å²) in [4.78, 5) is 8.63. The number of pyridine rings is 1. The molecule has 6 nitrogen and oxygen atoms in total. The third-order valence-electron chi connectivity index (χ3n) is 4.03. The summed E-state index contributed by atoms with van der Waals surface area (Å²) in [5, 5.41) is 6.65. The zero-order chi connectivity index (χ0) is 19.5. The van der Waals surface area contributed by atoms with Gasteiger partial charge in [-0.25, -0.2) is 4.98 Å². The normalized spacial score (nSPS) is 12.4. The van der Waals surface area contributed by atoms with Crippen LogP contribution in [0, 0.1) is 0 Å². The Kier molecular flexibility index (Phi) is 8.42. The van der Waals surface area contributed by atoms with Crippen LogP contribution in [0.15, 0.2) is 47.6 Å². The Labute approximate surface area is 162 Å². The number of nitrogens with zero attached hydrogens (tertiary/aromatic N) is 2. The van der Waals surface area contributed by atoms with Crippen molar-refractivity contribution in [3.8, 4) is 17.4 Å². The fourth-order valence-electron chi connectivity index (χ4n) is 2.30. The molecule has 0 bridgehead atoms. The lowest BCUT2D eigenvalue weighted by atomic mass is 10.2. The van der Waals surface area contributed by atoms with Gasteiger partial charge in [-0.15, -0.1) is 0 Å². The van der Waals surface area contributed by atoms with Gasteiger partial charge in [0.2, 0.25) is 5.88 Å². The highest BCUT2D eigenvalue weighted by Gasteiger charge is 2.08.